The Morgan fingerprint density at radius 2 is 1.72 bits per heavy atom. The Morgan fingerprint density at radius 1 is 1.03 bits per heavy atom. The molecule has 0 spiro atoms. The Kier molecular flexibility index (Phi) is 6.64. The predicted octanol–water partition coefficient (Wildman–Crippen LogP) is 3.94. The molecule has 0 unspecified atom stereocenters. The minimum Gasteiger partial charge on any atom is -0.497 e. The number of nitrogens with zero attached hydrogens (tertiary/aromatic N) is 1. The van der Waals surface area contributed by atoms with Crippen molar-refractivity contribution in [2.45, 2.75) is 38.8 Å². The fourth-order valence-electron chi connectivity index (χ4n) is 3.82. The zero-order chi connectivity index (χ0) is 20.9. The Hall–Kier alpha value is -2.73. The lowest BCUT2D eigenvalue weighted by molar-refractivity contribution is -0.121. The van der Waals surface area contributed by atoms with Crippen LogP contribution in [0.4, 0.5) is 11.4 Å². The van der Waals surface area contributed by atoms with E-state index in [4.69, 9.17) is 9.47 Å². The van der Waals surface area contributed by atoms with Crippen LogP contribution in [0.15, 0.2) is 42.5 Å². The van der Waals surface area contributed by atoms with Crippen molar-refractivity contribution in [1.29, 1.82) is 0 Å². The largest absolute Gasteiger partial charge is 0.497 e. The lowest BCUT2D eigenvalue weighted by atomic mass is 9.89. The highest BCUT2D eigenvalue weighted by Crippen LogP contribution is 2.28. The molecule has 0 aromatic heterocycles. The van der Waals surface area contributed by atoms with E-state index < -0.39 is 0 Å². The molecule has 1 heterocycles. The number of carbonyl (C=O) groups is 1. The summed E-state index contributed by atoms with van der Waals surface area (Å²) in [5.41, 5.74) is 3.04. The Bertz CT molecular complexity index is 845. The summed E-state index contributed by atoms with van der Waals surface area (Å²) in [5, 5.41) is 6.54. The summed E-state index contributed by atoms with van der Waals surface area (Å²) >= 11 is 0. The second kappa shape index (κ2) is 9.18. The number of hydrogen-bond acceptors (Lipinski definition) is 5. The van der Waals surface area contributed by atoms with Gasteiger partial charge in [0.05, 0.1) is 14.2 Å². The number of anilines is 2. The van der Waals surface area contributed by atoms with Gasteiger partial charge >= 0.3 is 0 Å². The van der Waals surface area contributed by atoms with Crippen LogP contribution in [0.1, 0.15) is 32.3 Å². The Labute approximate surface area is 173 Å². The summed E-state index contributed by atoms with van der Waals surface area (Å²) in [6.07, 6.45) is 1.90. The van der Waals surface area contributed by atoms with Crippen LogP contribution < -0.4 is 20.1 Å². The molecule has 6 nitrogen and oxygen atoms in total. The van der Waals surface area contributed by atoms with Gasteiger partial charge in [0.1, 0.15) is 11.5 Å². The van der Waals surface area contributed by atoms with Crippen LogP contribution in [0, 0.1) is 0 Å². The fourth-order valence-corrected chi connectivity index (χ4v) is 3.82. The summed E-state index contributed by atoms with van der Waals surface area (Å²) in [5.74, 6) is 1.68. The van der Waals surface area contributed by atoms with Gasteiger partial charge in [-0.25, -0.2) is 0 Å². The predicted molar refractivity (Wildman–Crippen MR) is 116 cm³/mol. The maximum absolute atomic E-state index is 11.4. The number of likely N-dealkylation sites (tertiary alicyclic amines) is 1. The van der Waals surface area contributed by atoms with Crippen molar-refractivity contribution in [1.82, 2.24) is 10.2 Å². The quantitative estimate of drug-likeness (QED) is 0.741. The van der Waals surface area contributed by atoms with Crippen molar-refractivity contribution in [3.63, 3.8) is 0 Å². The molecule has 3 rings (SSSR count). The van der Waals surface area contributed by atoms with Gasteiger partial charge in [0.15, 0.2) is 0 Å². The lowest BCUT2D eigenvalue weighted by Crippen LogP contribution is -2.52. The van der Waals surface area contributed by atoms with Crippen molar-refractivity contribution >= 4 is 17.3 Å². The number of hydrogen-bond donors (Lipinski definition) is 2. The number of methoxy groups -OCH3 is 2. The van der Waals surface area contributed by atoms with Gasteiger partial charge in [-0.15, -0.1) is 0 Å². The molecule has 6 heteroatoms. The number of amides is 1. The van der Waals surface area contributed by atoms with Crippen LogP contribution >= 0.6 is 0 Å². The summed E-state index contributed by atoms with van der Waals surface area (Å²) < 4.78 is 10.8. The molecule has 1 aliphatic heterocycles. The van der Waals surface area contributed by atoms with E-state index in [-0.39, 0.29) is 11.4 Å². The van der Waals surface area contributed by atoms with Crippen molar-refractivity contribution in [2.24, 2.45) is 0 Å². The Balaban J connectivity index is 1.68. The molecule has 1 aliphatic rings. The third kappa shape index (κ3) is 5.87. The van der Waals surface area contributed by atoms with Gasteiger partial charge in [-0.2, -0.15) is 0 Å². The molecule has 29 heavy (non-hydrogen) atoms. The monoisotopic (exact) mass is 397 g/mol. The molecular formula is C23H31N3O3. The van der Waals surface area contributed by atoms with Crippen LogP contribution in [0.2, 0.25) is 0 Å². The second-order valence-electron chi connectivity index (χ2n) is 7.94. The summed E-state index contributed by atoms with van der Waals surface area (Å²) in [6.45, 7) is 6.47. The smallest absolute Gasteiger partial charge is 0.217 e. The molecule has 2 aromatic rings. The summed E-state index contributed by atoms with van der Waals surface area (Å²) in [6, 6.07) is 14.1. The van der Waals surface area contributed by atoms with Crippen molar-refractivity contribution in [2.75, 3.05) is 32.6 Å². The van der Waals surface area contributed by atoms with Crippen molar-refractivity contribution < 1.29 is 14.3 Å². The van der Waals surface area contributed by atoms with Gasteiger partial charge < -0.3 is 20.1 Å². The van der Waals surface area contributed by atoms with Gasteiger partial charge in [-0.05, 0) is 49.6 Å². The topological polar surface area (TPSA) is 62.8 Å². The normalized spacial score (nSPS) is 16.1. The zero-order valence-corrected chi connectivity index (χ0v) is 17.7. The van der Waals surface area contributed by atoms with E-state index in [1.807, 2.05) is 30.3 Å². The van der Waals surface area contributed by atoms with E-state index in [2.05, 4.69) is 34.6 Å². The molecule has 0 radical (unpaired) electrons. The summed E-state index contributed by atoms with van der Waals surface area (Å²) in [7, 11) is 3.35. The van der Waals surface area contributed by atoms with E-state index in [1.165, 1.54) is 5.56 Å². The zero-order valence-electron chi connectivity index (χ0n) is 17.7. The van der Waals surface area contributed by atoms with Crippen LogP contribution in [0.3, 0.4) is 0 Å². The van der Waals surface area contributed by atoms with Crippen molar-refractivity contribution in [3.05, 3.63) is 48.0 Å². The molecule has 2 N–H and O–H groups in total. The van der Waals surface area contributed by atoms with Gasteiger partial charge in [0, 0.05) is 55.6 Å². The first-order valence-corrected chi connectivity index (χ1v) is 9.99. The molecule has 0 bridgehead atoms. The third-order valence-electron chi connectivity index (χ3n) is 5.40. The SMILES string of the molecule is COc1cccc(Nc2cc(CN3CCC(C)(NC(C)=O)CC3)cc(OC)c2)c1. The first-order valence-electron chi connectivity index (χ1n) is 9.99. The molecular weight excluding hydrogens is 366 g/mol. The second-order valence-corrected chi connectivity index (χ2v) is 7.94. The van der Waals surface area contributed by atoms with Gasteiger partial charge in [0.25, 0.3) is 0 Å². The van der Waals surface area contributed by atoms with E-state index in [1.54, 1.807) is 21.1 Å². The minimum absolute atomic E-state index is 0.0435. The van der Waals surface area contributed by atoms with Crippen LogP contribution in [-0.2, 0) is 11.3 Å². The molecule has 2 aromatic carbocycles. The maximum atomic E-state index is 11.4. The van der Waals surface area contributed by atoms with E-state index in [0.717, 1.165) is 55.3 Å². The standard InChI is InChI=1S/C23H31N3O3/c1-17(27)25-23(2)8-10-26(11-9-23)16-18-12-20(15-22(13-18)29-4)24-19-6-5-7-21(14-19)28-3/h5-7,12-15,24H,8-11,16H2,1-4H3,(H,25,27). The molecule has 1 saturated heterocycles. The number of benzene rings is 2. The number of nitrogens with one attached hydrogen (secondary N) is 2. The van der Waals surface area contributed by atoms with Crippen molar-refractivity contribution in [3.8, 4) is 11.5 Å². The number of piperidine rings is 1. The number of ether oxygens (including phenoxy) is 2. The average molecular weight is 398 g/mol. The number of carbonyl (C=O) groups excluding carboxylic acids is 1. The average Bonchev–Trinajstić information content (AvgIpc) is 2.69. The molecule has 1 fully saturated rings. The summed E-state index contributed by atoms with van der Waals surface area (Å²) in [4.78, 5) is 13.9. The Morgan fingerprint density at radius 3 is 2.38 bits per heavy atom. The van der Waals surface area contributed by atoms with E-state index in [9.17, 15) is 4.79 Å². The lowest BCUT2D eigenvalue weighted by Gasteiger charge is -2.39. The van der Waals surface area contributed by atoms with E-state index >= 15 is 0 Å². The first kappa shape index (κ1) is 21.0. The highest BCUT2D eigenvalue weighted by molar-refractivity contribution is 5.73. The van der Waals surface area contributed by atoms with Crippen LogP contribution in [-0.4, -0.2) is 43.7 Å². The number of rotatable bonds is 7. The molecule has 0 aliphatic carbocycles. The van der Waals surface area contributed by atoms with Crippen LogP contribution in [0.25, 0.3) is 0 Å². The highest BCUT2D eigenvalue weighted by atomic mass is 16.5. The molecule has 0 saturated carbocycles. The van der Waals surface area contributed by atoms with Gasteiger partial charge in [-0.1, -0.05) is 6.07 Å². The fraction of sp³-hybridized carbons (Fsp3) is 0.435. The van der Waals surface area contributed by atoms with Gasteiger partial charge in [-0.3, -0.25) is 9.69 Å². The maximum Gasteiger partial charge on any atom is 0.217 e. The van der Waals surface area contributed by atoms with Crippen LogP contribution in [0.5, 0.6) is 11.5 Å². The van der Waals surface area contributed by atoms with E-state index in [0.29, 0.717) is 0 Å². The third-order valence-corrected chi connectivity index (χ3v) is 5.40. The van der Waals surface area contributed by atoms with Gasteiger partial charge in [0.2, 0.25) is 5.91 Å². The molecule has 156 valence electrons. The first-order chi connectivity index (χ1) is 13.9. The highest BCUT2D eigenvalue weighted by Gasteiger charge is 2.30. The molecule has 1 amide bonds. The minimum atomic E-state index is -0.101. The molecule has 0 atom stereocenters.